The van der Waals surface area contributed by atoms with Crippen LogP contribution in [0.2, 0.25) is 0 Å². The summed E-state index contributed by atoms with van der Waals surface area (Å²) in [7, 11) is -2.48. The molecule has 0 spiro atoms. The maximum Gasteiger partial charge on any atom is 0.390 e. The molecule has 0 saturated carbocycles. The lowest BCUT2D eigenvalue weighted by atomic mass is 10.2. The van der Waals surface area contributed by atoms with E-state index in [1.807, 2.05) is 0 Å². The number of hydrogen-bond acceptors (Lipinski definition) is 4. The fraction of sp³-hybridized carbons (Fsp3) is 0.400. The average Bonchev–Trinajstić information content (AvgIpc) is 2.22. The number of nitrogens with zero attached hydrogens (tertiary/aromatic N) is 1. The standard InChI is InChI=1S/C10H14F3N3O2S/c1-16(5-4-10(11,12)13)7-2-3-9(8(14)6-7)19(15,17)18/h2-3,6H,4-5,14H2,1H3,(H2,15,17,18). The molecule has 0 fully saturated rings. The van der Waals surface area contributed by atoms with Crippen molar-refractivity contribution in [3.63, 3.8) is 0 Å². The summed E-state index contributed by atoms with van der Waals surface area (Å²) in [5.41, 5.74) is 5.80. The summed E-state index contributed by atoms with van der Waals surface area (Å²) in [4.78, 5) is 1.08. The topological polar surface area (TPSA) is 89.4 Å². The Morgan fingerprint density at radius 3 is 2.32 bits per heavy atom. The second kappa shape index (κ2) is 5.25. The summed E-state index contributed by atoms with van der Waals surface area (Å²) >= 11 is 0. The normalized spacial score (nSPS) is 12.5. The van der Waals surface area contributed by atoms with Gasteiger partial charge in [0.1, 0.15) is 4.90 Å². The number of nitrogen functional groups attached to an aromatic ring is 1. The SMILES string of the molecule is CN(CCC(F)(F)F)c1ccc(S(N)(=O)=O)c(N)c1. The van der Waals surface area contributed by atoms with Crippen LogP contribution in [0.1, 0.15) is 6.42 Å². The van der Waals surface area contributed by atoms with Crippen molar-refractivity contribution in [3.8, 4) is 0 Å². The van der Waals surface area contributed by atoms with Crippen LogP contribution in [-0.2, 0) is 10.0 Å². The second-order valence-electron chi connectivity index (χ2n) is 4.05. The van der Waals surface area contributed by atoms with E-state index in [0.29, 0.717) is 5.69 Å². The Hall–Kier alpha value is -1.48. The molecule has 1 aromatic rings. The molecule has 0 aliphatic heterocycles. The van der Waals surface area contributed by atoms with Gasteiger partial charge in [-0.25, -0.2) is 13.6 Å². The molecular formula is C10H14F3N3O2S. The quantitative estimate of drug-likeness (QED) is 0.820. The molecule has 0 saturated heterocycles. The number of sulfonamides is 1. The average molecular weight is 297 g/mol. The number of nitrogens with two attached hydrogens (primary N) is 2. The summed E-state index contributed by atoms with van der Waals surface area (Å²) in [6.45, 7) is -0.252. The first kappa shape index (κ1) is 15.6. The lowest BCUT2D eigenvalue weighted by Crippen LogP contribution is -2.24. The lowest BCUT2D eigenvalue weighted by Gasteiger charge is -2.21. The summed E-state index contributed by atoms with van der Waals surface area (Å²) in [6.07, 6.45) is -5.22. The van der Waals surface area contributed by atoms with Gasteiger partial charge in [-0.15, -0.1) is 0 Å². The first-order chi connectivity index (χ1) is 8.50. The van der Waals surface area contributed by atoms with Gasteiger partial charge in [0.05, 0.1) is 12.1 Å². The van der Waals surface area contributed by atoms with Crippen LogP contribution in [0.5, 0.6) is 0 Å². The van der Waals surface area contributed by atoms with Gasteiger partial charge in [-0.2, -0.15) is 13.2 Å². The number of halogens is 3. The predicted molar refractivity (Wildman–Crippen MR) is 66.2 cm³/mol. The fourth-order valence-electron chi connectivity index (χ4n) is 1.46. The van der Waals surface area contributed by atoms with Gasteiger partial charge in [-0.3, -0.25) is 0 Å². The minimum atomic E-state index is -4.25. The summed E-state index contributed by atoms with van der Waals surface area (Å²) in [5.74, 6) is 0. The highest BCUT2D eigenvalue weighted by molar-refractivity contribution is 7.89. The van der Waals surface area contributed by atoms with Crippen LogP contribution in [0.25, 0.3) is 0 Å². The molecule has 0 bridgehead atoms. The minimum Gasteiger partial charge on any atom is -0.398 e. The Kier molecular flexibility index (Phi) is 4.31. The molecule has 1 aromatic carbocycles. The highest BCUT2D eigenvalue weighted by atomic mass is 32.2. The zero-order valence-corrected chi connectivity index (χ0v) is 10.9. The van der Waals surface area contributed by atoms with E-state index in [1.165, 1.54) is 30.1 Å². The van der Waals surface area contributed by atoms with E-state index < -0.39 is 22.6 Å². The molecule has 0 aliphatic rings. The number of rotatable bonds is 4. The van der Waals surface area contributed by atoms with E-state index in [4.69, 9.17) is 10.9 Å². The third kappa shape index (κ3) is 4.60. The third-order valence-corrected chi connectivity index (χ3v) is 3.46. The van der Waals surface area contributed by atoms with Crippen LogP contribution in [0.15, 0.2) is 23.1 Å². The van der Waals surface area contributed by atoms with Crippen LogP contribution in [0.4, 0.5) is 24.5 Å². The second-order valence-corrected chi connectivity index (χ2v) is 5.58. The molecule has 0 aromatic heterocycles. The van der Waals surface area contributed by atoms with Gasteiger partial charge in [0.15, 0.2) is 0 Å². The number of anilines is 2. The fourth-order valence-corrected chi connectivity index (χ4v) is 2.10. The maximum absolute atomic E-state index is 12.1. The van der Waals surface area contributed by atoms with E-state index >= 15 is 0 Å². The zero-order valence-electron chi connectivity index (χ0n) is 10.1. The third-order valence-electron chi connectivity index (χ3n) is 2.47. The first-order valence-corrected chi connectivity index (χ1v) is 6.75. The molecule has 0 aliphatic carbocycles. The van der Waals surface area contributed by atoms with Crippen LogP contribution in [-0.4, -0.2) is 28.2 Å². The minimum absolute atomic E-state index is 0.0983. The van der Waals surface area contributed by atoms with Crippen molar-refractivity contribution in [1.82, 2.24) is 0 Å². The largest absolute Gasteiger partial charge is 0.398 e. The van der Waals surface area contributed by atoms with Crippen LogP contribution >= 0.6 is 0 Å². The van der Waals surface area contributed by atoms with Gasteiger partial charge in [0.25, 0.3) is 0 Å². The van der Waals surface area contributed by atoms with Gasteiger partial charge >= 0.3 is 6.18 Å². The Morgan fingerprint density at radius 2 is 1.89 bits per heavy atom. The van der Waals surface area contributed by atoms with Crippen molar-refractivity contribution in [1.29, 1.82) is 0 Å². The van der Waals surface area contributed by atoms with Gasteiger partial charge in [0, 0.05) is 19.3 Å². The highest BCUT2D eigenvalue weighted by Crippen LogP contribution is 2.25. The van der Waals surface area contributed by atoms with Crippen molar-refractivity contribution in [3.05, 3.63) is 18.2 Å². The molecule has 19 heavy (non-hydrogen) atoms. The molecule has 9 heteroatoms. The zero-order chi connectivity index (χ0) is 14.8. The van der Waals surface area contributed by atoms with Crippen molar-refractivity contribution in [2.24, 2.45) is 5.14 Å². The number of alkyl halides is 3. The summed E-state index contributed by atoms with van der Waals surface area (Å²) < 4.78 is 58.5. The molecule has 0 atom stereocenters. The Morgan fingerprint density at radius 1 is 1.32 bits per heavy atom. The predicted octanol–water partition coefficient (Wildman–Crippen LogP) is 1.30. The highest BCUT2D eigenvalue weighted by Gasteiger charge is 2.27. The molecule has 0 unspecified atom stereocenters. The van der Waals surface area contributed by atoms with Gasteiger partial charge in [-0.05, 0) is 18.2 Å². The monoisotopic (exact) mass is 297 g/mol. The summed E-state index contributed by atoms with van der Waals surface area (Å²) in [5, 5.41) is 4.93. The molecule has 5 nitrogen and oxygen atoms in total. The Bertz CT molecular complexity index is 558. The van der Waals surface area contributed by atoms with Crippen molar-refractivity contribution < 1.29 is 21.6 Å². The molecule has 1 rings (SSSR count). The van der Waals surface area contributed by atoms with E-state index in [2.05, 4.69) is 0 Å². The molecule has 108 valence electrons. The molecule has 0 amide bonds. The first-order valence-electron chi connectivity index (χ1n) is 5.21. The van der Waals surface area contributed by atoms with Gasteiger partial charge in [-0.1, -0.05) is 0 Å². The van der Waals surface area contributed by atoms with E-state index in [9.17, 15) is 21.6 Å². The van der Waals surface area contributed by atoms with Crippen molar-refractivity contribution in [2.75, 3.05) is 24.2 Å². The Balaban J connectivity index is 2.90. The van der Waals surface area contributed by atoms with E-state index in [-0.39, 0.29) is 17.1 Å². The van der Waals surface area contributed by atoms with Crippen LogP contribution in [0.3, 0.4) is 0 Å². The van der Waals surface area contributed by atoms with Crippen molar-refractivity contribution in [2.45, 2.75) is 17.5 Å². The van der Waals surface area contributed by atoms with E-state index in [1.54, 1.807) is 0 Å². The summed E-state index contributed by atoms with van der Waals surface area (Å²) in [6, 6.07) is 3.80. The maximum atomic E-state index is 12.1. The molecule has 0 radical (unpaired) electrons. The number of benzene rings is 1. The smallest absolute Gasteiger partial charge is 0.390 e. The van der Waals surface area contributed by atoms with E-state index in [0.717, 1.165) is 0 Å². The number of primary sulfonamides is 1. The Labute approximate surface area is 109 Å². The van der Waals surface area contributed by atoms with Gasteiger partial charge in [0.2, 0.25) is 10.0 Å². The lowest BCUT2D eigenvalue weighted by molar-refractivity contribution is -0.132. The molecular weight excluding hydrogens is 283 g/mol. The van der Waals surface area contributed by atoms with Gasteiger partial charge < -0.3 is 10.6 Å². The number of hydrogen-bond donors (Lipinski definition) is 2. The molecule has 4 N–H and O–H groups in total. The van der Waals surface area contributed by atoms with Crippen LogP contribution in [0, 0.1) is 0 Å². The van der Waals surface area contributed by atoms with Crippen molar-refractivity contribution >= 4 is 21.4 Å². The molecule has 0 heterocycles. The van der Waals surface area contributed by atoms with Crippen LogP contribution < -0.4 is 15.8 Å².